The molecule has 0 amide bonds. The van der Waals surface area contributed by atoms with Gasteiger partial charge in [0.05, 0.1) is 0 Å². The summed E-state index contributed by atoms with van der Waals surface area (Å²) in [6, 6.07) is 10.7. The molecule has 0 radical (unpaired) electrons. The Balaban J connectivity index is 1.72. The Bertz CT molecular complexity index is 512. The Hall–Kier alpha value is -1.75. The highest BCUT2D eigenvalue weighted by atomic mass is 16.5. The molecule has 1 aromatic rings. The molecule has 1 fully saturated rings. The van der Waals surface area contributed by atoms with Gasteiger partial charge in [0.15, 0.2) is 5.96 Å². The molecular formula is C20H34N4O. The second-order valence-electron chi connectivity index (χ2n) is 6.83. The number of hydrogen-bond acceptors (Lipinski definition) is 3. The van der Waals surface area contributed by atoms with Gasteiger partial charge in [-0.25, -0.2) is 0 Å². The summed E-state index contributed by atoms with van der Waals surface area (Å²) in [5.74, 6) is 1.98. The normalized spacial score (nSPS) is 17.6. The standard InChI is InChI=1S/C20H34N4O/c1-5-17(2)23(4)16-13-22-20(21-3)24-14-11-19(12-15-24)25-18-9-7-6-8-10-18/h6-10,17,19H,5,11-16H2,1-4H3,(H,21,22). The summed E-state index contributed by atoms with van der Waals surface area (Å²) in [7, 11) is 4.05. The van der Waals surface area contributed by atoms with Crippen LogP contribution < -0.4 is 10.1 Å². The van der Waals surface area contributed by atoms with E-state index in [2.05, 4.69) is 41.0 Å². The van der Waals surface area contributed by atoms with Crippen molar-refractivity contribution in [2.75, 3.05) is 40.3 Å². The maximum absolute atomic E-state index is 6.07. The van der Waals surface area contributed by atoms with Crippen LogP contribution in [0.25, 0.3) is 0 Å². The third-order valence-electron chi connectivity index (χ3n) is 5.09. The Morgan fingerprint density at radius 3 is 2.60 bits per heavy atom. The second kappa shape index (κ2) is 10.3. The molecule has 1 saturated heterocycles. The van der Waals surface area contributed by atoms with Crippen molar-refractivity contribution in [3.05, 3.63) is 30.3 Å². The van der Waals surface area contributed by atoms with Gasteiger partial charge in [0.25, 0.3) is 0 Å². The molecule has 1 atom stereocenters. The summed E-state index contributed by atoms with van der Waals surface area (Å²) < 4.78 is 6.07. The molecule has 0 bridgehead atoms. The number of guanidine groups is 1. The first-order valence-electron chi connectivity index (χ1n) is 9.51. The molecule has 2 rings (SSSR count). The van der Waals surface area contributed by atoms with Gasteiger partial charge >= 0.3 is 0 Å². The van der Waals surface area contributed by atoms with Gasteiger partial charge in [-0.2, -0.15) is 0 Å². The number of nitrogens with one attached hydrogen (secondary N) is 1. The number of likely N-dealkylation sites (N-methyl/N-ethyl adjacent to an activating group) is 1. The fourth-order valence-corrected chi connectivity index (χ4v) is 3.09. The van der Waals surface area contributed by atoms with Crippen LogP contribution in [0, 0.1) is 0 Å². The summed E-state index contributed by atoms with van der Waals surface area (Å²) in [5.41, 5.74) is 0. The number of nitrogens with zero attached hydrogens (tertiary/aromatic N) is 3. The Labute approximate surface area is 153 Å². The third kappa shape index (κ3) is 6.24. The molecule has 0 aromatic heterocycles. The summed E-state index contributed by atoms with van der Waals surface area (Å²) in [4.78, 5) is 9.19. The highest BCUT2D eigenvalue weighted by Crippen LogP contribution is 2.18. The Kier molecular flexibility index (Phi) is 8.06. The number of rotatable bonds is 7. The van der Waals surface area contributed by atoms with Crippen LogP contribution in [0.2, 0.25) is 0 Å². The van der Waals surface area contributed by atoms with Crippen LogP contribution in [0.15, 0.2) is 35.3 Å². The first-order valence-corrected chi connectivity index (χ1v) is 9.51. The van der Waals surface area contributed by atoms with Gasteiger partial charge < -0.3 is 19.9 Å². The van der Waals surface area contributed by atoms with Gasteiger partial charge in [-0.05, 0) is 32.5 Å². The molecule has 5 nitrogen and oxygen atoms in total. The van der Waals surface area contributed by atoms with Gasteiger partial charge in [0.2, 0.25) is 0 Å². The van der Waals surface area contributed by atoms with Crippen molar-refractivity contribution in [1.29, 1.82) is 0 Å². The fourth-order valence-electron chi connectivity index (χ4n) is 3.09. The number of piperidine rings is 1. The lowest BCUT2D eigenvalue weighted by atomic mass is 10.1. The molecule has 1 unspecified atom stereocenters. The zero-order valence-electron chi connectivity index (χ0n) is 16.2. The number of aliphatic imine (C=N–C) groups is 1. The highest BCUT2D eigenvalue weighted by Gasteiger charge is 2.22. The van der Waals surface area contributed by atoms with E-state index in [9.17, 15) is 0 Å². The lowest BCUT2D eigenvalue weighted by Crippen LogP contribution is -2.49. The van der Waals surface area contributed by atoms with Gasteiger partial charge in [-0.3, -0.25) is 4.99 Å². The zero-order chi connectivity index (χ0) is 18.1. The molecule has 0 aliphatic carbocycles. The fraction of sp³-hybridized carbons (Fsp3) is 0.650. The van der Waals surface area contributed by atoms with Crippen molar-refractivity contribution in [3.63, 3.8) is 0 Å². The summed E-state index contributed by atoms with van der Waals surface area (Å²) in [6.07, 6.45) is 3.54. The van der Waals surface area contributed by atoms with Crippen LogP contribution in [-0.4, -0.2) is 68.2 Å². The average Bonchev–Trinajstić information content (AvgIpc) is 2.66. The maximum Gasteiger partial charge on any atom is 0.193 e. The topological polar surface area (TPSA) is 40.1 Å². The smallest absolute Gasteiger partial charge is 0.193 e. The number of ether oxygens (including phenoxy) is 1. The number of benzene rings is 1. The minimum Gasteiger partial charge on any atom is -0.490 e. The van der Waals surface area contributed by atoms with Gasteiger partial charge in [0.1, 0.15) is 11.9 Å². The van der Waals surface area contributed by atoms with E-state index < -0.39 is 0 Å². The van der Waals surface area contributed by atoms with Crippen molar-refractivity contribution in [3.8, 4) is 5.75 Å². The molecule has 1 aliphatic heterocycles. The predicted molar refractivity (Wildman–Crippen MR) is 105 cm³/mol. The number of likely N-dealkylation sites (tertiary alicyclic amines) is 1. The van der Waals surface area contributed by atoms with Crippen LogP contribution in [0.1, 0.15) is 33.1 Å². The largest absolute Gasteiger partial charge is 0.490 e. The van der Waals surface area contributed by atoms with E-state index in [1.165, 1.54) is 6.42 Å². The minimum absolute atomic E-state index is 0.299. The maximum atomic E-state index is 6.07. The SMILES string of the molecule is CCC(C)N(C)CCNC(=NC)N1CCC(Oc2ccccc2)CC1. The summed E-state index contributed by atoms with van der Waals surface area (Å²) in [6.45, 7) is 8.42. The monoisotopic (exact) mass is 346 g/mol. The first-order chi connectivity index (χ1) is 12.1. The Morgan fingerprint density at radius 1 is 1.32 bits per heavy atom. The van der Waals surface area contributed by atoms with Crippen molar-refractivity contribution in [2.24, 2.45) is 4.99 Å². The van der Waals surface area contributed by atoms with E-state index in [-0.39, 0.29) is 0 Å². The van der Waals surface area contributed by atoms with Crippen LogP contribution >= 0.6 is 0 Å². The van der Waals surface area contributed by atoms with E-state index in [0.717, 1.165) is 50.7 Å². The molecular weight excluding hydrogens is 312 g/mol. The highest BCUT2D eigenvalue weighted by molar-refractivity contribution is 5.79. The number of para-hydroxylation sites is 1. The van der Waals surface area contributed by atoms with Crippen molar-refractivity contribution < 1.29 is 4.74 Å². The van der Waals surface area contributed by atoms with E-state index in [1.54, 1.807) is 0 Å². The van der Waals surface area contributed by atoms with E-state index >= 15 is 0 Å². The molecule has 1 aliphatic rings. The van der Waals surface area contributed by atoms with Crippen LogP contribution in [0.3, 0.4) is 0 Å². The molecule has 1 N–H and O–H groups in total. The average molecular weight is 347 g/mol. The van der Waals surface area contributed by atoms with Crippen LogP contribution in [-0.2, 0) is 0 Å². The van der Waals surface area contributed by atoms with Crippen molar-refractivity contribution >= 4 is 5.96 Å². The van der Waals surface area contributed by atoms with Gasteiger partial charge in [-0.15, -0.1) is 0 Å². The number of hydrogen-bond donors (Lipinski definition) is 1. The molecule has 0 spiro atoms. The summed E-state index contributed by atoms with van der Waals surface area (Å²) in [5, 5.41) is 3.51. The zero-order valence-corrected chi connectivity index (χ0v) is 16.2. The van der Waals surface area contributed by atoms with E-state index in [4.69, 9.17) is 4.74 Å². The molecule has 1 heterocycles. The second-order valence-corrected chi connectivity index (χ2v) is 6.83. The lowest BCUT2D eigenvalue weighted by Gasteiger charge is -2.34. The quantitative estimate of drug-likeness (QED) is 0.609. The molecule has 0 saturated carbocycles. The van der Waals surface area contributed by atoms with Gasteiger partial charge in [0, 0.05) is 52.1 Å². The third-order valence-corrected chi connectivity index (χ3v) is 5.09. The van der Waals surface area contributed by atoms with Crippen LogP contribution in [0.5, 0.6) is 5.75 Å². The van der Waals surface area contributed by atoms with Crippen molar-refractivity contribution in [2.45, 2.75) is 45.3 Å². The van der Waals surface area contributed by atoms with Crippen molar-refractivity contribution in [1.82, 2.24) is 15.1 Å². The van der Waals surface area contributed by atoms with E-state index in [1.807, 2.05) is 37.4 Å². The Morgan fingerprint density at radius 2 is 2.00 bits per heavy atom. The summed E-state index contributed by atoms with van der Waals surface area (Å²) >= 11 is 0. The molecule has 5 heteroatoms. The first kappa shape index (κ1) is 19.6. The van der Waals surface area contributed by atoms with Gasteiger partial charge in [-0.1, -0.05) is 25.1 Å². The predicted octanol–water partition coefficient (Wildman–Crippen LogP) is 2.84. The minimum atomic E-state index is 0.299. The van der Waals surface area contributed by atoms with Crippen LogP contribution in [0.4, 0.5) is 0 Å². The van der Waals surface area contributed by atoms with E-state index in [0.29, 0.717) is 12.1 Å². The lowest BCUT2D eigenvalue weighted by molar-refractivity contribution is 0.129. The molecule has 1 aromatic carbocycles. The molecule has 25 heavy (non-hydrogen) atoms. The molecule has 140 valence electrons.